The minimum atomic E-state index is -0.115. The molecule has 0 unspecified atom stereocenters. The van der Waals surface area contributed by atoms with Crippen LogP contribution in [0.4, 0.5) is 10.1 Å². The highest BCUT2D eigenvalue weighted by Gasteiger charge is 2.11. The Kier molecular flexibility index (Phi) is 8.11. The first-order valence-corrected chi connectivity index (χ1v) is 8.18. The summed E-state index contributed by atoms with van der Waals surface area (Å²) in [4.78, 5) is 2.20. The van der Waals surface area contributed by atoms with Gasteiger partial charge in [-0.25, -0.2) is 4.39 Å². The van der Waals surface area contributed by atoms with Crippen molar-refractivity contribution >= 4 is 21.6 Å². The Morgan fingerprint density at radius 2 is 1.58 bits per heavy atom. The average Bonchev–Trinajstić information content (AvgIpc) is 2.40. The fourth-order valence-electron chi connectivity index (χ4n) is 2.19. The number of unbranched alkanes of at least 4 members (excludes halogenated alkanes) is 4. The van der Waals surface area contributed by atoms with Crippen LogP contribution < -0.4 is 4.90 Å². The van der Waals surface area contributed by atoms with E-state index in [4.69, 9.17) is 0 Å². The van der Waals surface area contributed by atoms with Crippen LogP contribution in [-0.4, -0.2) is 13.1 Å². The van der Waals surface area contributed by atoms with E-state index in [2.05, 4.69) is 34.7 Å². The number of hydrogen-bond donors (Lipinski definition) is 0. The van der Waals surface area contributed by atoms with Crippen LogP contribution >= 0.6 is 15.9 Å². The summed E-state index contributed by atoms with van der Waals surface area (Å²) in [5.74, 6) is -0.115. The number of nitrogens with zero attached hydrogens (tertiary/aromatic N) is 1. The molecule has 0 atom stereocenters. The molecule has 0 amide bonds. The SMILES string of the molecule is CCCCCN(CCCCC)c1cc(Br)ccc1F. The van der Waals surface area contributed by atoms with E-state index in [1.54, 1.807) is 12.1 Å². The highest BCUT2D eigenvalue weighted by molar-refractivity contribution is 9.10. The van der Waals surface area contributed by atoms with Crippen LogP contribution in [0.1, 0.15) is 52.4 Å². The zero-order valence-electron chi connectivity index (χ0n) is 12.1. The number of rotatable bonds is 9. The highest BCUT2D eigenvalue weighted by atomic mass is 79.9. The van der Waals surface area contributed by atoms with E-state index in [9.17, 15) is 4.39 Å². The van der Waals surface area contributed by atoms with E-state index in [0.29, 0.717) is 0 Å². The molecule has 0 spiro atoms. The molecular weight excluding hydrogens is 305 g/mol. The van der Waals surface area contributed by atoms with Crippen LogP contribution in [0.15, 0.2) is 22.7 Å². The zero-order valence-corrected chi connectivity index (χ0v) is 13.7. The molecule has 0 heterocycles. The van der Waals surface area contributed by atoms with Crippen LogP contribution in [0.5, 0.6) is 0 Å². The molecule has 3 heteroatoms. The van der Waals surface area contributed by atoms with E-state index >= 15 is 0 Å². The number of hydrogen-bond acceptors (Lipinski definition) is 1. The summed E-state index contributed by atoms with van der Waals surface area (Å²) >= 11 is 3.43. The van der Waals surface area contributed by atoms with E-state index in [-0.39, 0.29) is 5.82 Å². The maximum Gasteiger partial charge on any atom is 0.146 e. The lowest BCUT2D eigenvalue weighted by Crippen LogP contribution is -2.26. The minimum absolute atomic E-state index is 0.115. The summed E-state index contributed by atoms with van der Waals surface area (Å²) in [5.41, 5.74) is 0.738. The van der Waals surface area contributed by atoms with Crippen LogP contribution in [0, 0.1) is 5.82 Å². The summed E-state index contributed by atoms with van der Waals surface area (Å²) in [6, 6.07) is 5.20. The smallest absolute Gasteiger partial charge is 0.146 e. The Bertz CT molecular complexity index is 358. The quantitative estimate of drug-likeness (QED) is 0.519. The fraction of sp³-hybridized carbons (Fsp3) is 0.625. The van der Waals surface area contributed by atoms with E-state index in [1.807, 2.05) is 6.07 Å². The molecule has 0 aliphatic carbocycles. The van der Waals surface area contributed by atoms with Gasteiger partial charge in [-0.3, -0.25) is 0 Å². The summed E-state index contributed by atoms with van der Waals surface area (Å²) < 4.78 is 14.9. The first-order valence-electron chi connectivity index (χ1n) is 7.39. The van der Waals surface area contributed by atoms with Gasteiger partial charge in [0.25, 0.3) is 0 Å². The van der Waals surface area contributed by atoms with Crippen LogP contribution in [0.3, 0.4) is 0 Å². The van der Waals surface area contributed by atoms with Crippen LogP contribution in [0.25, 0.3) is 0 Å². The van der Waals surface area contributed by atoms with Gasteiger partial charge in [0.1, 0.15) is 5.82 Å². The van der Waals surface area contributed by atoms with Crippen molar-refractivity contribution in [3.05, 3.63) is 28.5 Å². The number of anilines is 1. The topological polar surface area (TPSA) is 3.24 Å². The molecule has 0 saturated heterocycles. The van der Waals surface area contributed by atoms with E-state index < -0.39 is 0 Å². The average molecular weight is 330 g/mol. The Morgan fingerprint density at radius 3 is 2.11 bits per heavy atom. The van der Waals surface area contributed by atoms with Crippen molar-refractivity contribution in [3.63, 3.8) is 0 Å². The molecule has 0 bridgehead atoms. The lowest BCUT2D eigenvalue weighted by Gasteiger charge is -2.25. The molecule has 1 aromatic carbocycles. The number of benzene rings is 1. The zero-order chi connectivity index (χ0) is 14.1. The summed E-state index contributed by atoms with van der Waals surface area (Å²) in [5, 5.41) is 0. The van der Waals surface area contributed by atoms with Gasteiger partial charge < -0.3 is 4.90 Å². The van der Waals surface area contributed by atoms with Gasteiger partial charge in [-0.2, -0.15) is 0 Å². The Labute approximate surface area is 125 Å². The molecule has 0 aliphatic heterocycles. The largest absolute Gasteiger partial charge is 0.369 e. The molecular formula is C16H25BrFN. The molecule has 0 N–H and O–H groups in total. The van der Waals surface area contributed by atoms with Gasteiger partial charge in [0, 0.05) is 17.6 Å². The Hall–Kier alpha value is -0.570. The molecule has 1 rings (SSSR count). The van der Waals surface area contributed by atoms with Crippen molar-refractivity contribution in [1.29, 1.82) is 0 Å². The van der Waals surface area contributed by atoms with Gasteiger partial charge in [-0.15, -0.1) is 0 Å². The third-order valence-corrected chi connectivity index (χ3v) is 3.81. The van der Waals surface area contributed by atoms with Gasteiger partial charge >= 0.3 is 0 Å². The van der Waals surface area contributed by atoms with Crippen molar-refractivity contribution in [3.8, 4) is 0 Å². The third-order valence-electron chi connectivity index (χ3n) is 3.31. The van der Waals surface area contributed by atoms with E-state index in [1.165, 1.54) is 25.7 Å². The summed E-state index contributed by atoms with van der Waals surface area (Å²) in [6.07, 6.45) is 7.08. The molecule has 0 aromatic heterocycles. The second kappa shape index (κ2) is 9.35. The van der Waals surface area contributed by atoms with Crippen molar-refractivity contribution in [1.82, 2.24) is 0 Å². The molecule has 0 saturated carbocycles. The van der Waals surface area contributed by atoms with Gasteiger partial charge in [0.05, 0.1) is 5.69 Å². The van der Waals surface area contributed by atoms with Crippen LogP contribution in [-0.2, 0) is 0 Å². The molecule has 1 nitrogen and oxygen atoms in total. The molecule has 108 valence electrons. The van der Waals surface area contributed by atoms with Gasteiger partial charge in [0.2, 0.25) is 0 Å². The second-order valence-corrected chi connectivity index (χ2v) is 5.91. The monoisotopic (exact) mass is 329 g/mol. The Morgan fingerprint density at radius 1 is 1.00 bits per heavy atom. The normalized spacial score (nSPS) is 10.7. The lowest BCUT2D eigenvalue weighted by molar-refractivity contribution is 0.594. The summed E-state index contributed by atoms with van der Waals surface area (Å²) in [7, 11) is 0. The lowest BCUT2D eigenvalue weighted by atomic mass is 10.2. The maximum atomic E-state index is 14.0. The van der Waals surface area contributed by atoms with Crippen molar-refractivity contribution in [2.24, 2.45) is 0 Å². The first-order chi connectivity index (χ1) is 9.19. The van der Waals surface area contributed by atoms with Gasteiger partial charge in [-0.05, 0) is 31.0 Å². The van der Waals surface area contributed by atoms with Crippen LogP contribution in [0.2, 0.25) is 0 Å². The molecule has 0 radical (unpaired) electrons. The minimum Gasteiger partial charge on any atom is -0.369 e. The fourth-order valence-corrected chi connectivity index (χ4v) is 2.54. The predicted octanol–water partition coefficient (Wildman–Crippen LogP) is 5.78. The summed E-state index contributed by atoms with van der Waals surface area (Å²) in [6.45, 7) is 6.29. The van der Waals surface area contributed by atoms with Gasteiger partial charge in [0.15, 0.2) is 0 Å². The second-order valence-electron chi connectivity index (χ2n) is 5.00. The molecule has 0 fully saturated rings. The van der Waals surface area contributed by atoms with Crippen molar-refractivity contribution < 1.29 is 4.39 Å². The third kappa shape index (κ3) is 5.94. The first kappa shape index (κ1) is 16.5. The van der Waals surface area contributed by atoms with E-state index in [0.717, 1.165) is 36.1 Å². The number of halogens is 2. The predicted molar refractivity (Wildman–Crippen MR) is 85.4 cm³/mol. The molecule has 0 aliphatic rings. The van der Waals surface area contributed by atoms with Crippen molar-refractivity contribution in [2.45, 2.75) is 52.4 Å². The molecule has 19 heavy (non-hydrogen) atoms. The van der Waals surface area contributed by atoms with Gasteiger partial charge in [-0.1, -0.05) is 55.5 Å². The standard InChI is InChI=1S/C16H25BrFN/c1-3-5-7-11-19(12-8-6-4-2)16-13-14(17)9-10-15(16)18/h9-10,13H,3-8,11-12H2,1-2H3. The van der Waals surface area contributed by atoms with Crippen molar-refractivity contribution in [2.75, 3.05) is 18.0 Å². The Balaban J connectivity index is 2.72. The maximum absolute atomic E-state index is 14.0. The highest BCUT2D eigenvalue weighted by Crippen LogP contribution is 2.25. The molecule has 1 aromatic rings.